The minimum absolute atomic E-state index is 0.0214. The first-order chi connectivity index (χ1) is 20.7. The first-order valence-corrected chi connectivity index (χ1v) is 16.4. The van der Waals surface area contributed by atoms with Crippen molar-refractivity contribution in [3.05, 3.63) is 23.8 Å². The van der Waals surface area contributed by atoms with Crippen molar-refractivity contribution in [3.63, 3.8) is 0 Å². The van der Waals surface area contributed by atoms with E-state index in [9.17, 15) is 14.7 Å². The van der Waals surface area contributed by atoms with Crippen molar-refractivity contribution in [3.8, 4) is 0 Å². The van der Waals surface area contributed by atoms with Gasteiger partial charge in [0.2, 0.25) is 0 Å². The summed E-state index contributed by atoms with van der Waals surface area (Å²) >= 11 is 0. The number of ether oxygens (including phenoxy) is 6. The van der Waals surface area contributed by atoms with E-state index >= 15 is 0 Å². The number of Topliss-reactive ketones (excluding diaryl/α,β-unsaturated/α-hetero) is 1. The number of aliphatic hydroxyl groups is 1. The lowest BCUT2D eigenvalue weighted by Gasteiger charge is -2.44. The predicted octanol–water partition coefficient (Wildman–Crippen LogP) is 4.40. The molecule has 0 unspecified atom stereocenters. The smallest absolute Gasteiger partial charge is 0.306 e. The Morgan fingerprint density at radius 1 is 0.930 bits per heavy atom. The van der Waals surface area contributed by atoms with Gasteiger partial charge in [0, 0.05) is 33.7 Å². The van der Waals surface area contributed by atoms with Gasteiger partial charge in [0.25, 0.3) is 0 Å². The highest BCUT2D eigenvalue weighted by molar-refractivity contribution is 5.98. The van der Waals surface area contributed by atoms with Gasteiger partial charge in [-0.3, -0.25) is 9.59 Å². The van der Waals surface area contributed by atoms with E-state index in [1.54, 1.807) is 21.3 Å². The summed E-state index contributed by atoms with van der Waals surface area (Å²) in [5.41, 5.74) is 0.785. The summed E-state index contributed by atoms with van der Waals surface area (Å²) < 4.78 is 35.9. The molecule has 9 heteroatoms. The highest BCUT2D eigenvalue weighted by Gasteiger charge is 2.52. The quantitative estimate of drug-likeness (QED) is 0.349. The van der Waals surface area contributed by atoms with E-state index in [4.69, 9.17) is 28.4 Å². The van der Waals surface area contributed by atoms with Crippen LogP contribution in [0.25, 0.3) is 0 Å². The number of carbonyl (C=O) groups is 2. The normalized spacial score (nSPS) is 45.6. The number of ketones is 1. The topological polar surface area (TPSA) is 110 Å². The number of allylic oxidation sites excluding steroid dienone is 4. The zero-order valence-corrected chi connectivity index (χ0v) is 26.7. The maximum absolute atomic E-state index is 13.9. The second-order valence-electron chi connectivity index (χ2n) is 13.3. The van der Waals surface area contributed by atoms with Crippen LogP contribution in [0.1, 0.15) is 72.1 Å². The standard InChI is InChI=1S/C34H52O9/c1-7-21-9-8-10-28(35)18(2)30(37)27-17-26-23(24(27)13-14-29(36)42-21)12-11-20-15-22(16-25(20)26)43-34-33(40-6)32(39-5)31(38-4)19(3)41-34/h11-12,17-26,28,31-35H,7-10,13-16H2,1-6H3/t18-,19-,20-,21+,22-,23+,24-,25-,26-,28+,31+,32+,33-,34+/m1/s1. The number of rotatable bonds is 6. The Kier molecular flexibility index (Phi) is 10.8. The average molecular weight is 605 g/mol. The van der Waals surface area contributed by atoms with E-state index in [0.717, 1.165) is 31.3 Å². The van der Waals surface area contributed by atoms with Gasteiger partial charge in [-0.15, -0.1) is 0 Å². The number of fused-ring (bicyclic) bond motifs is 5. The van der Waals surface area contributed by atoms with Crippen molar-refractivity contribution >= 4 is 11.8 Å². The molecule has 0 amide bonds. The van der Waals surface area contributed by atoms with Crippen molar-refractivity contribution in [2.45, 2.75) is 121 Å². The predicted molar refractivity (Wildman–Crippen MR) is 159 cm³/mol. The zero-order valence-electron chi connectivity index (χ0n) is 26.7. The second kappa shape index (κ2) is 14.2. The van der Waals surface area contributed by atoms with Crippen LogP contribution in [-0.2, 0) is 38.0 Å². The summed E-state index contributed by atoms with van der Waals surface area (Å²) in [5.74, 6) is 0.246. The number of methoxy groups -OCH3 is 3. The van der Waals surface area contributed by atoms with Gasteiger partial charge in [0.15, 0.2) is 12.1 Å². The molecule has 0 aromatic carbocycles. The van der Waals surface area contributed by atoms with Crippen molar-refractivity contribution < 1.29 is 43.1 Å². The summed E-state index contributed by atoms with van der Waals surface area (Å²) in [6.45, 7) is 5.83. The Morgan fingerprint density at radius 2 is 1.67 bits per heavy atom. The van der Waals surface area contributed by atoms with Gasteiger partial charge >= 0.3 is 5.97 Å². The fourth-order valence-corrected chi connectivity index (χ4v) is 8.52. The first-order valence-electron chi connectivity index (χ1n) is 16.4. The van der Waals surface area contributed by atoms with Crippen LogP contribution in [0.3, 0.4) is 0 Å². The SMILES string of the molecule is CC[C@H]1CCC[C@H](O)[C@@H](C)C(=O)C2=C[C@@H]3[C@@H](C=C[C@@H]4C[C@@H](O[C@@H]5O[C@H](C)[C@H](OC)[C@H](OC)[C@H]5OC)C[C@@H]34)[C@H]2CCC(=O)O1. The van der Waals surface area contributed by atoms with Crippen molar-refractivity contribution in [1.29, 1.82) is 0 Å². The second-order valence-corrected chi connectivity index (χ2v) is 13.3. The molecule has 0 bridgehead atoms. The fraction of sp³-hybridized carbons (Fsp3) is 0.824. The fourth-order valence-electron chi connectivity index (χ4n) is 8.52. The van der Waals surface area contributed by atoms with E-state index in [1.807, 2.05) is 20.8 Å². The molecule has 5 rings (SSSR count). The van der Waals surface area contributed by atoms with Crippen molar-refractivity contribution in [2.75, 3.05) is 21.3 Å². The Bertz CT molecular complexity index is 1040. The van der Waals surface area contributed by atoms with E-state index in [1.165, 1.54) is 0 Å². The maximum atomic E-state index is 13.9. The molecular weight excluding hydrogens is 552 g/mol. The summed E-state index contributed by atoms with van der Waals surface area (Å²) in [4.78, 5) is 26.7. The number of aliphatic hydroxyl groups excluding tert-OH is 1. The molecule has 242 valence electrons. The summed E-state index contributed by atoms with van der Waals surface area (Å²) in [5, 5.41) is 10.9. The lowest BCUT2D eigenvalue weighted by molar-refractivity contribution is -0.314. The van der Waals surface area contributed by atoms with Crippen LogP contribution in [0, 0.1) is 35.5 Å². The molecule has 43 heavy (non-hydrogen) atoms. The van der Waals surface area contributed by atoms with Crippen LogP contribution >= 0.6 is 0 Å². The summed E-state index contributed by atoms with van der Waals surface area (Å²) in [6.07, 6.45) is 9.34. The Labute approximate surface area is 256 Å². The highest BCUT2D eigenvalue weighted by atomic mass is 16.7. The Hall–Kier alpha value is -1.62. The number of esters is 1. The number of hydrogen-bond donors (Lipinski definition) is 1. The van der Waals surface area contributed by atoms with Gasteiger partial charge in [-0.05, 0) is 87.0 Å². The zero-order chi connectivity index (χ0) is 30.8. The van der Waals surface area contributed by atoms with Crippen LogP contribution in [-0.4, -0.2) is 87.2 Å². The van der Waals surface area contributed by atoms with Gasteiger partial charge in [-0.1, -0.05) is 32.1 Å². The van der Waals surface area contributed by atoms with Crippen molar-refractivity contribution in [2.24, 2.45) is 35.5 Å². The van der Waals surface area contributed by atoms with Gasteiger partial charge in [-0.2, -0.15) is 0 Å². The molecule has 1 saturated carbocycles. The molecule has 2 saturated heterocycles. The van der Waals surface area contributed by atoms with E-state index in [-0.39, 0.29) is 60.0 Å². The molecule has 9 nitrogen and oxygen atoms in total. The van der Waals surface area contributed by atoms with E-state index in [2.05, 4.69) is 18.2 Å². The number of cyclic esters (lactones) is 1. The van der Waals surface area contributed by atoms with Gasteiger partial charge in [-0.25, -0.2) is 0 Å². The lowest BCUT2D eigenvalue weighted by atomic mass is 9.70. The van der Waals surface area contributed by atoms with Gasteiger partial charge < -0.3 is 33.5 Å². The molecule has 0 aromatic heterocycles. The molecule has 14 atom stereocenters. The molecule has 3 fully saturated rings. The molecule has 0 spiro atoms. The van der Waals surface area contributed by atoms with Crippen LogP contribution in [0.5, 0.6) is 0 Å². The van der Waals surface area contributed by atoms with E-state index < -0.39 is 24.4 Å². The molecule has 0 radical (unpaired) electrons. The maximum Gasteiger partial charge on any atom is 0.306 e. The third kappa shape index (κ3) is 6.68. The molecule has 3 aliphatic carbocycles. The van der Waals surface area contributed by atoms with Gasteiger partial charge in [0.05, 0.1) is 18.3 Å². The molecular formula is C34H52O9. The Morgan fingerprint density at radius 3 is 2.37 bits per heavy atom. The monoisotopic (exact) mass is 604 g/mol. The minimum Gasteiger partial charge on any atom is -0.462 e. The van der Waals surface area contributed by atoms with Crippen LogP contribution in [0.2, 0.25) is 0 Å². The molecule has 2 heterocycles. The minimum atomic E-state index is -0.710. The summed E-state index contributed by atoms with van der Waals surface area (Å²) in [6, 6.07) is 0. The highest BCUT2D eigenvalue weighted by Crippen LogP contribution is 2.54. The molecule has 5 aliphatic rings. The Balaban J connectivity index is 1.33. The first kappa shape index (κ1) is 32.8. The third-order valence-corrected chi connectivity index (χ3v) is 11.0. The molecule has 2 aliphatic heterocycles. The molecule has 0 aromatic rings. The van der Waals surface area contributed by atoms with E-state index in [0.29, 0.717) is 37.5 Å². The van der Waals surface area contributed by atoms with Crippen molar-refractivity contribution in [1.82, 2.24) is 0 Å². The lowest BCUT2D eigenvalue weighted by Crippen LogP contribution is -2.59. The van der Waals surface area contributed by atoms with Crippen LogP contribution in [0.15, 0.2) is 23.8 Å². The van der Waals surface area contributed by atoms with Gasteiger partial charge in [0.1, 0.15) is 24.4 Å². The third-order valence-electron chi connectivity index (χ3n) is 11.0. The molecule has 1 N–H and O–H groups in total. The largest absolute Gasteiger partial charge is 0.462 e. The van der Waals surface area contributed by atoms with Crippen LogP contribution in [0.4, 0.5) is 0 Å². The number of hydrogen-bond acceptors (Lipinski definition) is 9. The average Bonchev–Trinajstić information content (AvgIpc) is 3.58. The van der Waals surface area contributed by atoms with Crippen LogP contribution < -0.4 is 0 Å². The number of carbonyl (C=O) groups excluding carboxylic acids is 2. The summed E-state index contributed by atoms with van der Waals surface area (Å²) in [7, 11) is 4.95.